The van der Waals surface area contributed by atoms with E-state index in [9.17, 15) is 15.0 Å². The van der Waals surface area contributed by atoms with Crippen molar-refractivity contribution in [1.29, 1.82) is 0 Å². The van der Waals surface area contributed by atoms with E-state index in [2.05, 4.69) is 9.72 Å². The predicted octanol–water partition coefficient (Wildman–Crippen LogP) is 0.665. The number of ether oxygens (including phenoxy) is 1. The number of carbonyl (C=O) groups is 1. The molecule has 0 aliphatic rings. The van der Waals surface area contributed by atoms with E-state index in [1.165, 1.54) is 12.3 Å². The molecule has 6 nitrogen and oxygen atoms in total. The molecule has 1 heterocycles. The summed E-state index contributed by atoms with van der Waals surface area (Å²) in [6, 6.07) is 1.39. The van der Waals surface area contributed by atoms with Crippen molar-refractivity contribution >= 4 is 23.4 Å². The van der Waals surface area contributed by atoms with Gasteiger partial charge in [-0.3, -0.25) is 4.79 Å². The molecule has 0 aliphatic heterocycles. The van der Waals surface area contributed by atoms with Crippen LogP contribution in [0.15, 0.2) is 12.3 Å². The van der Waals surface area contributed by atoms with Gasteiger partial charge in [-0.1, -0.05) is 11.6 Å². The summed E-state index contributed by atoms with van der Waals surface area (Å²) in [6.45, 7) is 1.86. The molecule has 0 saturated carbocycles. The fraction of sp³-hybridized carbons (Fsp3) is 0.455. The van der Waals surface area contributed by atoms with Crippen molar-refractivity contribution < 1.29 is 19.7 Å². The molecule has 7 heteroatoms. The van der Waals surface area contributed by atoms with E-state index in [0.29, 0.717) is 0 Å². The molecule has 2 unspecified atom stereocenters. The average molecular weight is 275 g/mol. The Hall–Kier alpha value is -1.37. The predicted molar refractivity (Wildman–Crippen MR) is 65.9 cm³/mol. The molecule has 0 spiro atoms. The van der Waals surface area contributed by atoms with Crippen molar-refractivity contribution in [3.63, 3.8) is 0 Å². The Labute approximate surface area is 109 Å². The van der Waals surface area contributed by atoms with E-state index in [1.54, 1.807) is 6.92 Å². The van der Waals surface area contributed by atoms with Crippen LogP contribution in [0, 0.1) is 0 Å². The average Bonchev–Trinajstić information content (AvgIpc) is 2.31. The summed E-state index contributed by atoms with van der Waals surface area (Å²) in [5.41, 5.74) is 5.74. The molecule has 100 valence electrons. The molecule has 1 rings (SSSR count). The molecular weight excluding hydrogens is 260 g/mol. The van der Waals surface area contributed by atoms with Crippen LogP contribution in [0.5, 0.6) is 0 Å². The molecule has 0 fully saturated rings. The summed E-state index contributed by atoms with van der Waals surface area (Å²) in [5, 5.41) is 19.9. The number of aliphatic hydroxyl groups is 2. The van der Waals surface area contributed by atoms with E-state index in [0.717, 1.165) is 0 Å². The fourth-order valence-electron chi connectivity index (χ4n) is 1.41. The van der Waals surface area contributed by atoms with Crippen molar-refractivity contribution in [3.05, 3.63) is 22.8 Å². The number of hydrogen-bond donors (Lipinski definition) is 3. The Kier molecular flexibility index (Phi) is 5.33. The Balaban J connectivity index is 2.76. The van der Waals surface area contributed by atoms with Gasteiger partial charge in [0.15, 0.2) is 0 Å². The zero-order chi connectivity index (χ0) is 13.7. The van der Waals surface area contributed by atoms with Gasteiger partial charge in [-0.25, -0.2) is 4.98 Å². The minimum absolute atomic E-state index is 0.0507. The Morgan fingerprint density at radius 2 is 2.28 bits per heavy atom. The number of carbonyl (C=O) groups excluding carboxylic acids is 1. The van der Waals surface area contributed by atoms with Crippen LogP contribution in [0.1, 0.15) is 25.0 Å². The number of anilines is 1. The van der Waals surface area contributed by atoms with Gasteiger partial charge in [-0.05, 0) is 13.0 Å². The Morgan fingerprint density at radius 1 is 1.61 bits per heavy atom. The lowest BCUT2D eigenvalue weighted by molar-refractivity contribution is -0.147. The quantitative estimate of drug-likeness (QED) is 0.681. The summed E-state index contributed by atoms with van der Waals surface area (Å²) in [4.78, 5) is 14.9. The maximum atomic E-state index is 11.2. The van der Waals surface area contributed by atoms with Gasteiger partial charge < -0.3 is 20.7 Å². The van der Waals surface area contributed by atoms with Crippen molar-refractivity contribution in [3.8, 4) is 0 Å². The number of aromatic nitrogens is 1. The molecule has 0 aromatic carbocycles. The Morgan fingerprint density at radius 3 is 2.89 bits per heavy atom. The second-order valence-electron chi connectivity index (χ2n) is 3.65. The van der Waals surface area contributed by atoms with E-state index in [1.807, 2.05) is 0 Å². The smallest absolute Gasteiger partial charge is 0.308 e. The van der Waals surface area contributed by atoms with Crippen molar-refractivity contribution in [1.82, 2.24) is 4.98 Å². The van der Waals surface area contributed by atoms with Crippen LogP contribution in [-0.2, 0) is 9.53 Å². The largest absolute Gasteiger partial charge is 0.466 e. The number of esters is 1. The molecular formula is C11H15ClN2O4. The minimum Gasteiger partial charge on any atom is -0.466 e. The highest BCUT2D eigenvalue weighted by Gasteiger charge is 2.24. The fourth-order valence-corrected chi connectivity index (χ4v) is 1.58. The van der Waals surface area contributed by atoms with Gasteiger partial charge in [-0.2, -0.15) is 0 Å². The molecule has 1 aromatic heterocycles. The maximum Gasteiger partial charge on any atom is 0.308 e. The highest BCUT2D eigenvalue weighted by atomic mass is 35.5. The van der Waals surface area contributed by atoms with Crippen LogP contribution < -0.4 is 5.73 Å². The number of nitrogens with two attached hydrogens (primary N) is 1. The van der Waals surface area contributed by atoms with Gasteiger partial charge in [-0.15, -0.1) is 0 Å². The van der Waals surface area contributed by atoms with Crippen molar-refractivity contribution in [2.45, 2.75) is 25.6 Å². The van der Waals surface area contributed by atoms with Crippen LogP contribution in [0.4, 0.5) is 5.82 Å². The molecule has 0 radical (unpaired) electrons. The number of nitrogens with zero attached hydrogens (tertiary/aromatic N) is 1. The van der Waals surface area contributed by atoms with Crippen LogP contribution in [-0.4, -0.2) is 33.9 Å². The van der Waals surface area contributed by atoms with Gasteiger partial charge in [0.25, 0.3) is 0 Å². The second-order valence-corrected chi connectivity index (χ2v) is 4.09. The maximum absolute atomic E-state index is 11.2. The molecule has 0 aliphatic carbocycles. The molecule has 0 amide bonds. The van der Waals surface area contributed by atoms with Gasteiger partial charge in [0.05, 0.1) is 24.2 Å². The number of halogens is 1. The minimum atomic E-state index is -1.35. The first-order valence-corrected chi connectivity index (χ1v) is 5.76. The summed E-state index contributed by atoms with van der Waals surface area (Å²) in [5.74, 6) is -0.549. The van der Waals surface area contributed by atoms with Gasteiger partial charge >= 0.3 is 5.97 Å². The molecule has 0 saturated heterocycles. The van der Waals surface area contributed by atoms with Gasteiger partial charge in [0, 0.05) is 11.8 Å². The van der Waals surface area contributed by atoms with Crippen LogP contribution in [0.2, 0.25) is 5.02 Å². The molecule has 18 heavy (non-hydrogen) atoms. The van der Waals surface area contributed by atoms with Gasteiger partial charge in [0.1, 0.15) is 11.9 Å². The molecule has 4 N–H and O–H groups in total. The second kappa shape index (κ2) is 6.53. The van der Waals surface area contributed by atoms with E-state index < -0.39 is 18.2 Å². The number of hydrogen-bond acceptors (Lipinski definition) is 6. The summed E-state index contributed by atoms with van der Waals surface area (Å²) >= 11 is 5.72. The number of pyridine rings is 1. The Bertz CT molecular complexity index is 428. The van der Waals surface area contributed by atoms with Crippen molar-refractivity contribution in [2.75, 3.05) is 12.3 Å². The first-order valence-electron chi connectivity index (χ1n) is 5.38. The summed E-state index contributed by atoms with van der Waals surface area (Å²) < 4.78 is 4.67. The van der Waals surface area contributed by atoms with E-state index in [4.69, 9.17) is 17.3 Å². The number of aliphatic hydroxyl groups excluding tert-OH is 2. The van der Waals surface area contributed by atoms with Crippen molar-refractivity contribution in [2.24, 2.45) is 0 Å². The molecule has 0 bridgehead atoms. The molecule has 2 atom stereocenters. The third-order valence-corrected chi connectivity index (χ3v) is 2.49. The zero-order valence-corrected chi connectivity index (χ0v) is 10.6. The summed E-state index contributed by atoms with van der Waals surface area (Å²) in [6.07, 6.45) is -1.68. The zero-order valence-electron chi connectivity index (χ0n) is 9.84. The SMILES string of the molecule is CCOC(=O)CC(O)C(O)c1cc(Cl)cnc1N. The van der Waals surface area contributed by atoms with Crippen LogP contribution in [0.25, 0.3) is 0 Å². The van der Waals surface area contributed by atoms with Gasteiger partial charge in [0.2, 0.25) is 0 Å². The lowest BCUT2D eigenvalue weighted by atomic mass is 10.0. The first kappa shape index (κ1) is 14.7. The number of nitrogen functional groups attached to an aromatic ring is 1. The third kappa shape index (κ3) is 3.83. The topological polar surface area (TPSA) is 106 Å². The highest BCUT2D eigenvalue weighted by Crippen LogP contribution is 2.25. The standard InChI is InChI=1S/C11H15ClN2O4/c1-2-18-9(16)4-8(15)10(17)7-3-6(12)5-14-11(7)13/h3,5,8,10,15,17H,2,4H2,1H3,(H2,13,14). The lowest BCUT2D eigenvalue weighted by Gasteiger charge is -2.18. The third-order valence-electron chi connectivity index (χ3n) is 2.28. The van der Waals surface area contributed by atoms with E-state index in [-0.39, 0.29) is 29.4 Å². The number of rotatable bonds is 5. The summed E-state index contributed by atoms with van der Waals surface area (Å²) in [7, 11) is 0. The first-order chi connectivity index (χ1) is 8.45. The lowest BCUT2D eigenvalue weighted by Crippen LogP contribution is -2.24. The molecule has 1 aromatic rings. The van der Waals surface area contributed by atoms with E-state index >= 15 is 0 Å². The normalized spacial score (nSPS) is 14.0. The highest BCUT2D eigenvalue weighted by molar-refractivity contribution is 6.30. The van der Waals surface area contributed by atoms with Crippen LogP contribution >= 0.6 is 11.6 Å². The van der Waals surface area contributed by atoms with Crippen LogP contribution in [0.3, 0.4) is 0 Å². The monoisotopic (exact) mass is 274 g/mol.